The van der Waals surface area contributed by atoms with Gasteiger partial charge in [-0.2, -0.15) is 0 Å². The average molecular weight is 161 g/mol. The van der Waals surface area contributed by atoms with Crippen molar-refractivity contribution < 1.29 is 0 Å². The summed E-state index contributed by atoms with van der Waals surface area (Å²) >= 11 is 5.92. The summed E-state index contributed by atoms with van der Waals surface area (Å²) in [5, 5.41) is 7.49. The molecule has 0 aromatic carbocycles. The molecule has 3 heteroatoms. The molecule has 1 rings (SSSR count). The van der Waals surface area contributed by atoms with Crippen LogP contribution in [0.4, 0.5) is 0 Å². The van der Waals surface area contributed by atoms with Crippen LogP contribution in [0.1, 0.15) is 19.3 Å². The Morgan fingerprint density at radius 3 is 3.00 bits per heavy atom. The highest BCUT2D eigenvalue weighted by Crippen LogP contribution is 2.14. The number of likely N-dealkylation sites (tertiary alicyclic amines) is 1. The van der Waals surface area contributed by atoms with Crippen LogP contribution in [-0.2, 0) is 0 Å². The third-order valence-corrected chi connectivity index (χ3v) is 2.48. The Kier molecular flexibility index (Phi) is 2.69. The van der Waals surface area contributed by atoms with E-state index in [1.54, 1.807) is 0 Å². The van der Waals surface area contributed by atoms with Crippen LogP contribution in [0.15, 0.2) is 0 Å². The number of rotatable bonds is 0. The van der Waals surface area contributed by atoms with Gasteiger partial charge >= 0.3 is 0 Å². The zero-order chi connectivity index (χ0) is 7.56. The molecular weight excluding hydrogens is 148 g/mol. The lowest BCUT2D eigenvalue weighted by atomic mass is 10.2. The molecule has 0 amide bonds. The van der Waals surface area contributed by atoms with E-state index in [9.17, 15) is 0 Å². The molecule has 1 N–H and O–H groups in total. The van der Waals surface area contributed by atoms with Crippen molar-refractivity contribution in [2.75, 3.05) is 13.6 Å². The average Bonchev–Trinajstić information content (AvgIpc) is 2.04. The smallest absolute Gasteiger partial charge is 0.123 e. The van der Waals surface area contributed by atoms with E-state index in [0.29, 0.717) is 5.71 Å². The standard InChI is InChI=1S/C7H13ClN2/c1-10-5-3-2-4-6(9)7(10)8/h7,9H,2-5H2,1H3. The fourth-order valence-corrected chi connectivity index (χ4v) is 1.38. The highest BCUT2D eigenvalue weighted by molar-refractivity contribution is 6.31. The Labute approximate surface area is 66.7 Å². The van der Waals surface area contributed by atoms with Crippen molar-refractivity contribution in [3.8, 4) is 0 Å². The molecule has 2 nitrogen and oxygen atoms in total. The van der Waals surface area contributed by atoms with Crippen molar-refractivity contribution in [2.24, 2.45) is 0 Å². The Balaban J connectivity index is 2.55. The quantitative estimate of drug-likeness (QED) is 0.424. The molecule has 0 bridgehead atoms. The first-order chi connectivity index (χ1) is 4.72. The fourth-order valence-electron chi connectivity index (χ4n) is 1.18. The van der Waals surface area contributed by atoms with E-state index >= 15 is 0 Å². The number of hydrogen-bond acceptors (Lipinski definition) is 2. The Morgan fingerprint density at radius 1 is 1.60 bits per heavy atom. The minimum atomic E-state index is -0.150. The number of alkyl halides is 1. The third-order valence-electron chi connectivity index (χ3n) is 1.88. The van der Waals surface area contributed by atoms with Gasteiger partial charge in [0.1, 0.15) is 5.50 Å². The first kappa shape index (κ1) is 8.02. The first-order valence-electron chi connectivity index (χ1n) is 3.63. The molecule has 0 aromatic rings. The van der Waals surface area contributed by atoms with Gasteiger partial charge in [0.25, 0.3) is 0 Å². The van der Waals surface area contributed by atoms with E-state index in [2.05, 4.69) is 0 Å². The maximum atomic E-state index is 7.49. The second-order valence-corrected chi connectivity index (χ2v) is 3.21. The molecule has 0 radical (unpaired) electrons. The Hall–Kier alpha value is -0.0800. The zero-order valence-electron chi connectivity index (χ0n) is 6.23. The van der Waals surface area contributed by atoms with Crippen LogP contribution in [0.3, 0.4) is 0 Å². The minimum Gasteiger partial charge on any atom is -0.307 e. The monoisotopic (exact) mass is 160 g/mol. The highest BCUT2D eigenvalue weighted by atomic mass is 35.5. The summed E-state index contributed by atoms with van der Waals surface area (Å²) in [6, 6.07) is 0. The van der Waals surface area contributed by atoms with Gasteiger partial charge in [-0.25, -0.2) is 0 Å². The molecule has 1 fully saturated rings. The lowest BCUT2D eigenvalue weighted by Crippen LogP contribution is -2.31. The Morgan fingerprint density at radius 2 is 2.30 bits per heavy atom. The zero-order valence-corrected chi connectivity index (χ0v) is 6.99. The van der Waals surface area contributed by atoms with Gasteiger partial charge in [-0.1, -0.05) is 11.6 Å². The van der Waals surface area contributed by atoms with E-state index in [0.717, 1.165) is 19.4 Å². The summed E-state index contributed by atoms with van der Waals surface area (Å²) in [7, 11) is 1.97. The fraction of sp³-hybridized carbons (Fsp3) is 0.857. The molecule has 1 atom stereocenters. The summed E-state index contributed by atoms with van der Waals surface area (Å²) in [6.45, 7) is 1.02. The molecule has 1 saturated heterocycles. The third kappa shape index (κ3) is 1.70. The van der Waals surface area contributed by atoms with Crippen LogP contribution >= 0.6 is 11.6 Å². The van der Waals surface area contributed by atoms with Crippen LogP contribution in [0, 0.1) is 5.41 Å². The van der Waals surface area contributed by atoms with Crippen molar-refractivity contribution in [3.63, 3.8) is 0 Å². The van der Waals surface area contributed by atoms with E-state index in [1.165, 1.54) is 6.42 Å². The largest absolute Gasteiger partial charge is 0.307 e. The van der Waals surface area contributed by atoms with E-state index in [1.807, 2.05) is 11.9 Å². The SMILES string of the molecule is CN1CCCCC(=N)C1Cl. The number of nitrogens with zero attached hydrogens (tertiary/aromatic N) is 1. The van der Waals surface area contributed by atoms with Crippen LogP contribution < -0.4 is 0 Å². The van der Waals surface area contributed by atoms with Gasteiger partial charge in [0.15, 0.2) is 0 Å². The predicted octanol–water partition coefficient (Wildman–Crippen LogP) is 1.69. The van der Waals surface area contributed by atoms with Gasteiger partial charge < -0.3 is 5.41 Å². The Bertz CT molecular complexity index is 136. The van der Waals surface area contributed by atoms with Crippen molar-refractivity contribution in [2.45, 2.75) is 24.8 Å². The van der Waals surface area contributed by atoms with E-state index < -0.39 is 0 Å². The van der Waals surface area contributed by atoms with Crippen LogP contribution in [0.2, 0.25) is 0 Å². The van der Waals surface area contributed by atoms with Crippen molar-refractivity contribution in [1.29, 1.82) is 5.41 Å². The van der Waals surface area contributed by atoms with Crippen molar-refractivity contribution in [3.05, 3.63) is 0 Å². The topological polar surface area (TPSA) is 27.1 Å². The normalized spacial score (nSPS) is 30.2. The summed E-state index contributed by atoms with van der Waals surface area (Å²) in [4.78, 5) is 2.02. The maximum Gasteiger partial charge on any atom is 0.123 e. The molecule has 1 aliphatic heterocycles. The lowest BCUT2D eigenvalue weighted by Gasteiger charge is -2.19. The van der Waals surface area contributed by atoms with Gasteiger partial charge in [-0.3, -0.25) is 4.90 Å². The second-order valence-electron chi connectivity index (χ2n) is 2.80. The molecule has 0 aliphatic carbocycles. The van der Waals surface area contributed by atoms with Gasteiger partial charge in [-0.05, 0) is 32.9 Å². The molecule has 0 spiro atoms. The number of halogens is 1. The molecule has 0 saturated carbocycles. The van der Waals surface area contributed by atoms with Crippen LogP contribution in [0.5, 0.6) is 0 Å². The molecular formula is C7H13ClN2. The summed E-state index contributed by atoms with van der Waals surface area (Å²) < 4.78 is 0. The minimum absolute atomic E-state index is 0.150. The highest BCUT2D eigenvalue weighted by Gasteiger charge is 2.18. The summed E-state index contributed by atoms with van der Waals surface area (Å²) in [5.41, 5.74) is 0.518. The van der Waals surface area contributed by atoms with Crippen LogP contribution in [0.25, 0.3) is 0 Å². The molecule has 0 aromatic heterocycles. The van der Waals surface area contributed by atoms with Gasteiger partial charge in [0.05, 0.1) is 0 Å². The first-order valence-corrected chi connectivity index (χ1v) is 4.07. The molecule has 10 heavy (non-hydrogen) atoms. The van der Waals surface area contributed by atoms with E-state index in [-0.39, 0.29) is 5.50 Å². The summed E-state index contributed by atoms with van der Waals surface area (Å²) in [6.07, 6.45) is 3.16. The van der Waals surface area contributed by atoms with Crippen molar-refractivity contribution >= 4 is 17.3 Å². The lowest BCUT2D eigenvalue weighted by molar-refractivity contribution is 0.357. The molecule has 1 heterocycles. The van der Waals surface area contributed by atoms with Gasteiger partial charge in [0.2, 0.25) is 0 Å². The molecule has 58 valence electrons. The van der Waals surface area contributed by atoms with Crippen LogP contribution in [-0.4, -0.2) is 29.7 Å². The molecule has 1 unspecified atom stereocenters. The summed E-state index contributed by atoms with van der Waals surface area (Å²) in [5.74, 6) is 0. The predicted molar refractivity (Wildman–Crippen MR) is 43.8 cm³/mol. The number of nitrogens with one attached hydrogen (secondary N) is 1. The second kappa shape index (κ2) is 3.35. The maximum absolute atomic E-state index is 7.49. The van der Waals surface area contributed by atoms with Crippen molar-refractivity contribution in [1.82, 2.24) is 4.90 Å². The van der Waals surface area contributed by atoms with E-state index in [4.69, 9.17) is 17.0 Å². The molecule has 1 aliphatic rings. The van der Waals surface area contributed by atoms with Gasteiger partial charge in [-0.15, -0.1) is 0 Å². The van der Waals surface area contributed by atoms with Gasteiger partial charge in [0, 0.05) is 5.71 Å². The number of hydrogen-bond donors (Lipinski definition) is 1.